The Kier molecular flexibility index (Phi) is 6.86. The molecule has 0 amide bonds. The zero-order valence-corrected chi connectivity index (χ0v) is 21.6. The number of pyridine rings is 1. The van der Waals surface area contributed by atoms with Crippen molar-refractivity contribution in [2.45, 2.75) is 13.2 Å². The lowest BCUT2D eigenvalue weighted by Crippen LogP contribution is -2.19. The fourth-order valence-corrected chi connectivity index (χ4v) is 4.32. The highest BCUT2D eigenvalue weighted by atomic mass is 19.1. The summed E-state index contributed by atoms with van der Waals surface area (Å²) in [4.78, 5) is 12.5. The van der Waals surface area contributed by atoms with Gasteiger partial charge >= 0.3 is 0 Å². The summed E-state index contributed by atoms with van der Waals surface area (Å²) < 4.78 is 26.6. The van der Waals surface area contributed by atoms with E-state index in [1.807, 2.05) is 48.0 Å². The Bertz CT molecular complexity index is 1670. The van der Waals surface area contributed by atoms with Gasteiger partial charge in [0.05, 0.1) is 18.2 Å². The van der Waals surface area contributed by atoms with Gasteiger partial charge in [-0.05, 0) is 54.0 Å². The number of nitrogens with zero attached hydrogens (tertiary/aromatic N) is 4. The summed E-state index contributed by atoms with van der Waals surface area (Å²) in [5.41, 5.74) is 11.9. The van der Waals surface area contributed by atoms with Gasteiger partial charge in [0, 0.05) is 24.4 Å². The van der Waals surface area contributed by atoms with Crippen LogP contribution in [0.5, 0.6) is 17.4 Å². The predicted molar refractivity (Wildman–Crippen MR) is 149 cm³/mol. The minimum Gasteiger partial charge on any atom is -0.492 e. The van der Waals surface area contributed by atoms with E-state index in [0.717, 1.165) is 33.5 Å². The van der Waals surface area contributed by atoms with Crippen molar-refractivity contribution >= 4 is 22.5 Å². The van der Waals surface area contributed by atoms with E-state index < -0.39 is 12.2 Å². The molecule has 1 atom stereocenters. The normalized spacial score (nSPS) is 11.8. The molecule has 2 aromatic carbocycles. The molecular weight excluding hydrogens is 499 g/mol. The van der Waals surface area contributed by atoms with E-state index in [0.29, 0.717) is 22.8 Å². The lowest BCUT2D eigenvalue weighted by molar-refractivity contribution is 0.240. The van der Waals surface area contributed by atoms with E-state index in [1.165, 1.54) is 25.6 Å². The van der Waals surface area contributed by atoms with Gasteiger partial charge in [-0.2, -0.15) is 9.37 Å². The number of aryl methyl sites for hydroxylation is 1. The van der Waals surface area contributed by atoms with Crippen LogP contribution < -0.4 is 20.5 Å². The van der Waals surface area contributed by atoms with Gasteiger partial charge in [0.1, 0.15) is 29.8 Å². The number of nitrogens with two attached hydrogens (primary N) is 1. The second-order valence-electron chi connectivity index (χ2n) is 8.98. The van der Waals surface area contributed by atoms with E-state index >= 15 is 0 Å². The quantitative estimate of drug-likeness (QED) is 0.137. The monoisotopic (exact) mass is 526 g/mol. The van der Waals surface area contributed by atoms with Crippen LogP contribution in [0.3, 0.4) is 0 Å². The van der Waals surface area contributed by atoms with Crippen molar-refractivity contribution in [1.82, 2.24) is 19.5 Å². The first-order chi connectivity index (χ1) is 18.8. The molecule has 5 aromatic rings. The van der Waals surface area contributed by atoms with Crippen molar-refractivity contribution in [1.29, 1.82) is 0 Å². The van der Waals surface area contributed by atoms with Gasteiger partial charge in [-0.25, -0.2) is 9.97 Å². The van der Waals surface area contributed by atoms with Gasteiger partial charge in [-0.15, -0.1) is 0 Å². The second kappa shape index (κ2) is 10.4. The average Bonchev–Trinajstić information content (AvgIpc) is 3.23. The summed E-state index contributed by atoms with van der Waals surface area (Å²) in [7, 11) is 3.30. The number of halogens is 1. The van der Waals surface area contributed by atoms with Crippen molar-refractivity contribution in [3.8, 4) is 39.8 Å². The highest BCUT2D eigenvalue weighted by molar-refractivity contribution is 6.07. The summed E-state index contributed by atoms with van der Waals surface area (Å²) in [5.74, 6) is 0.232. The summed E-state index contributed by atoms with van der Waals surface area (Å²) in [6.45, 7) is 5.52. The number of hydrogen-bond acceptors (Lipinski definition) is 8. The van der Waals surface area contributed by atoms with Crippen LogP contribution in [0.4, 0.5) is 15.9 Å². The molecule has 0 saturated heterocycles. The molecule has 39 heavy (non-hydrogen) atoms. The summed E-state index contributed by atoms with van der Waals surface area (Å²) >= 11 is 0. The zero-order chi connectivity index (χ0) is 27.7. The van der Waals surface area contributed by atoms with Crippen LogP contribution >= 0.6 is 0 Å². The second-order valence-corrected chi connectivity index (χ2v) is 8.98. The number of methoxy groups -OCH3 is 1. The lowest BCUT2D eigenvalue weighted by atomic mass is 9.98. The molecule has 0 radical (unpaired) electrons. The van der Waals surface area contributed by atoms with E-state index in [2.05, 4.69) is 26.8 Å². The number of hydrogen-bond donors (Lipinski definition) is 3. The van der Waals surface area contributed by atoms with Crippen LogP contribution in [-0.4, -0.2) is 38.0 Å². The topological polar surface area (TPSA) is 120 Å². The number of anilines is 2. The van der Waals surface area contributed by atoms with Gasteiger partial charge in [0.15, 0.2) is 5.75 Å². The van der Waals surface area contributed by atoms with Gasteiger partial charge in [0.2, 0.25) is 5.88 Å². The molecule has 0 spiro atoms. The third-order valence-corrected chi connectivity index (χ3v) is 6.30. The maximum Gasteiger partial charge on any atom is 0.258 e. The van der Waals surface area contributed by atoms with E-state index in [9.17, 15) is 9.50 Å². The number of nitrogen functional groups attached to an aromatic ring is 1. The van der Waals surface area contributed by atoms with Gasteiger partial charge in [0.25, 0.3) is 5.95 Å². The largest absolute Gasteiger partial charge is 0.492 e. The van der Waals surface area contributed by atoms with Crippen LogP contribution in [-0.2, 0) is 7.05 Å². The number of aliphatic hydroxyl groups excluding tert-OH is 1. The first-order valence-electron chi connectivity index (χ1n) is 12.0. The van der Waals surface area contributed by atoms with Crippen LogP contribution in [0.2, 0.25) is 0 Å². The summed E-state index contributed by atoms with van der Waals surface area (Å²) in [6, 6.07) is 18.0. The molecule has 0 saturated carbocycles. The Balaban J connectivity index is 1.54. The molecule has 3 aromatic heterocycles. The average molecular weight is 527 g/mol. The van der Waals surface area contributed by atoms with E-state index in [-0.39, 0.29) is 11.6 Å². The van der Waals surface area contributed by atoms with Gasteiger partial charge < -0.3 is 30.2 Å². The Morgan fingerprint density at radius 3 is 2.38 bits per heavy atom. The Morgan fingerprint density at radius 2 is 1.74 bits per heavy atom. The first kappa shape index (κ1) is 25.7. The van der Waals surface area contributed by atoms with Gasteiger partial charge in [-0.1, -0.05) is 30.8 Å². The van der Waals surface area contributed by atoms with E-state index in [1.54, 1.807) is 19.1 Å². The number of ether oxygens (including phenoxy) is 2. The highest BCUT2D eigenvalue weighted by Crippen LogP contribution is 2.42. The molecular formula is C29H27FN6O3. The molecule has 10 heteroatoms. The fourth-order valence-electron chi connectivity index (χ4n) is 4.32. The smallest absolute Gasteiger partial charge is 0.258 e. The molecule has 0 bridgehead atoms. The van der Waals surface area contributed by atoms with Gasteiger partial charge in [-0.3, -0.25) is 0 Å². The van der Waals surface area contributed by atoms with Crippen molar-refractivity contribution in [2.24, 2.45) is 7.05 Å². The van der Waals surface area contributed by atoms with Crippen LogP contribution in [0.1, 0.15) is 6.92 Å². The summed E-state index contributed by atoms with van der Waals surface area (Å²) in [6.07, 6.45) is 0.597. The van der Waals surface area contributed by atoms with Crippen molar-refractivity contribution in [3.05, 3.63) is 85.1 Å². The third-order valence-electron chi connectivity index (χ3n) is 6.30. The molecule has 5 rings (SSSR count). The summed E-state index contributed by atoms with van der Waals surface area (Å²) in [5, 5.41) is 13.8. The molecule has 9 nitrogen and oxygen atoms in total. The van der Waals surface area contributed by atoms with Crippen LogP contribution in [0.15, 0.2) is 79.1 Å². The maximum absolute atomic E-state index is 14.0. The number of benzene rings is 2. The first-order valence-corrected chi connectivity index (χ1v) is 12.0. The van der Waals surface area contributed by atoms with Crippen LogP contribution in [0.25, 0.3) is 33.4 Å². The molecule has 3 heterocycles. The minimum absolute atomic E-state index is 0.0387. The number of rotatable bonds is 8. The van der Waals surface area contributed by atoms with E-state index in [4.69, 9.17) is 15.2 Å². The fraction of sp³-hybridized carbons (Fsp3) is 0.138. The Hall–Kier alpha value is -4.96. The maximum atomic E-state index is 14.0. The number of aliphatic hydroxyl groups is 1. The van der Waals surface area contributed by atoms with Crippen LogP contribution in [0, 0.1) is 5.95 Å². The van der Waals surface area contributed by atoms with Crippen molar-refractivity contribution < 1.29 is 19.0 Å². The molecule has 0 aliphatic carbocycles. The standard InChI is InChI=1S/C29H27FN6O3/c1-16(2)29(37)34-19-9-5-18(6-10-19)25-23(24-27(31)32-15-33-28(24)36(25)3)17-7-11-20(12-8-17)39-22-14-13-21(38-4)26(30)35-22/h5-15,29,34,37H,1H2,2-4H3,(H2,31,32,33). The Labute approximate surface area is 224 Å². The molecule has 198 valence electrons. The molecule has 1 unspecified atom stereocenters. The number of nitrogens with one attached hydrogen (secondary N) is 1. The SMILES string of the molecule is C=C(C)C(O)Nc1ccc(-c2c(-c3ccc(Oc4ccc(OC)c(F)n4)cc3)c3c(N)ncnc3n2C)cc1. The zero-order valence-electron chi connectivity index (χ0n) is 21.6. The third kappa shape index (κ3) is 4.97. The minimum atomic E-state index is -0.843. The number of fused-ring (bicyclic) bond motifs is 1. The van der Waals surface area contributed by atoms with Crippen molar-refractivity contribution in [2.75, 3.05) is 18.2 Å². The molecule has 4 N–H and O–H groups in total. The lowest BCUT2D eigenvalue weighted by Gasteiger charge is -2.15. The Morgan fingerprint density at radius 1 is 1.05 bits per heavy atom. The molecule has 0 aliphatic rings. The van der Waals surface area contributed by atoms with Crippen molar-refractivity contribution in [3.63, 3.8) is 0 Å². The molecule has 0 fully saturated rings. The predicted octanol–water partition coefficient (Wildman–Crippen LogP) is 5.53. The number of aromatic nitrogens is 4. The highest BCUT2D eigenvalue weighted by Gasteiger charge is 2.22. The molecule has 0 aliphatic heterocycles.